The highest BCUT2D eigenvalue weighted by Gasteiger charge is 2.57. The van der Waals surface area contributed by atoms with Crippen molar-refractivity contribution in [2.24, 2.45) is 11.8 Å². The van der Waals surface area contributed by atoms with Crippen LogP contribution < -0.4 is 15.0 Å². The molecular weight excluding hydrogens is 591 g/mol. The van der Waals surface area contributed by atoms with Crippen LogP contribution in [0.25, 0.3) is 0 Å². The summed E-state index contributed by atoms with van der Waals surface area (Å²) >= 11 is 6.28. The molecule has 0 unspecified atom stereocenters. The van der Waals surface area contributed by atoms with Crippen molar-refractivity contribution in [3.8, 4) is 11.8 Å². The number of carbonyl (C=O) groups is 3. The van der Waals surface area contributed by atoms with Crippen LogP contribution >= 0.6 is 11.6 Å². The molecule has 3 aliphatic heterocycles. The van der Waals surface area contributed by atoms with Crippen LogP contribution in [0.4, 0.5) is 10.2 Å². The Morgan fingerprint density at radius 2 is 1.95 bits per heavy atom. The minimum Gasteiger partial charge on any atom is -0.494 e. The standard InChI is InChI=1S/C31H34ClFN6O5/c1-3-37-29-24(22(15-4-5-15)26(30(37)41)35-28(40)23-19(32)6-7-21(43-2)25(23)33)27(36-39(29)17-8-10-44-11-9-17)31(42)38-18(14-34)12-16-13-20(16)38/h6-7,15-18,20,22,26H,3-5,8-13H2,1-2H3,(H,35,40)/t16-,18-,20+,22-,26-/m0/s1. The number of benzene rings is 1. The molecule has 5 aliphatic rings. The van der Waals surface area contributed by atoms with Gasteiger partial charge in [0, 0.05) is 37.3 Å². The number of halogens is 2. The van der Waals surface area contributed by atoms with Crippen molar-refractivity contribution in [2.45, 2.75) is 75.5 Å². The van der Waals surface area contributed by atoms with Crippen molar-refractivity contribution in [3.63, 3.8) is 0 Å². The van der Waals surface area contributed by atoms with Crippen LogP contribution in [0.5, 0.6) is 5.75 Å². The lowest BCUT2D eigenvalue weighted by Gasteiger charge is -2.39. The molecule has 2 aliphatic carbocycles. The minimum atomic E-state index is -1.08. The van der Waals surface area contributed by atoms with Gasteiger partial charge in [-0.25, -0.2) is 9.07 Å². The second kappa shape index (κ2) is 11.0. The van der Waals surface area contributed by atoms with Crippen LogP contribution in [0.3, 0.4) is 0 Å². The molecule has 2 aromatic rings. The fourth-order valence-corrected chi connectivity index (χ4v) is 7.70. The molecule has 5 atom stereocenters. The van der Waals surface area contributed by atoms with Crippen molar-refractivity contribution in [2.75, 3.05) is 31.8 Å². The lowest BCUT2D eigenvalue weighted by atomic mass is 9.82. The highest BCUT2D eigenvalue weighted by Crippen LogP contribution is 2.53. The van der Waals surface area contributed by atoms with Crippen molar-refractivity contribution in [1.29, 1.82) is 5.26 Å². The maximum absolute atomic E-state index is 15.3. The third-order valence-corrected chi connectivity index (χ3v) is 10.2. The second-order valence-electron chi connectivity index (χ2n) is 12.4. The van der Waals surface area contributed by atoms with Crippen molar-refractivity contribution >= 4 is 35.1 Å². The molecule has 2 saturated carbocycles. The summed E-state index contributed by atoms with van der Waals surface area (Å²) in [5.74, 6) is -2.25. The SMILES string of the molecule is CCN1C(=O)[C@@H](NC(=O)c2c(Cl)ccc(OC)c2F)[C@@H](C2CC2)c2c(C(=O)N3[C@H](C#N)C[C@H]4C[C@H]43)nn(C3CCOCC3)c21. The van der Waals surface area contributed by atoms with Crippen LogP contribution in [0.2, 0.25) is 5.02 Å². The van der Waals surface area contributed by atoms with Gasteiger partial charge in [0.1, 0.15) is 17.9 Å². The van der Waals surface area contributed by atoms with E-state index in [0.717, 1.165) is 19.3 Å². The molecular formula is C31H34ClFN6O5. The predicted octanol–water partition coefficient (Wildman–Crippen LogP) is 3.82. The largest absolute Gasteiger partial charge is 0.494 e. The van der Waals surface area contributed by atoms with E-state index in [4.69, 9.17) is 26.2 Å². The first kappa shape index (κ1) is 29.0. The summed E-state index contributed by atoms with van der Waals surface area (Å²) in [7, 11) is 1.29. The van der Waals surface area contributed by atoms with E-state index in [2.05, 4.69) is 11.4 Å². The number of ether oxygens (including phenoxy) is 2. The van der Waals surface area contributed by atoms with Crippen LogP contribution in [-0.4, -0.2) is 77.4 Å². The first-order valence-electron chi connectivity index (χ1n) is 15.4. The molecule has 4 fully saturated rings. The minimum absolute atomic E-state index is 0.00513. The third-order valence-electron chi connectivity index (χ3n) is 9.86. The zero-order chi connectivity index (χ0) is 30.9. The van der Waals surface area contributed by atoms with E-state index in [1.54, 1.807) is 9.80 Å². The average molecular weight is 625 g/mol. The summed E-state index contributed by atoms with van der Waals surface area (Å²) in [4.78, 5) is 45.6. The maximum Gasteiger partial charge on any atom is 0.276 e. The first-order chi connectivity index (χ1) is 21.3. The number of nitrogens with zero attached hydrogens (tertiary/aromatic N) is 5. The van der Waals surface area contributed by atoms with Crippen molar-refractivity contribution in [3.05, 3.63) is 39.8 Å². The number of methoxy groups -OCH3 is 1. The molecule has 1 aromatic carbocycles. The van der Waals surface area contributed by atoms with Gasteiger partial charge in [0.2, 0.25) is 0 Å². The Balaban J connectivity index is 1.35. The lowest BCUT2D eigenvalue weighted by Crippen LogP contribution is -2.56. The third kappa shape index (κ3) is 4.55. The van der Waals surface area contributed by atoms with Crippen LogP contribution in [0.1, 0.15) is 83.8 Å². The molecule has 0 radical (unpaired) electrons. The maximum atomic E-state index is 15.3. The fourth-order valence-electron chi connectivity index (χ4n) is 7.47. The molecule has 2 saturated heterocycles. The highest BCUT2D eigenvalue weighted by atomic mass is 35.5. The number of aromatic nitrogens is 2. The Kier molecular flexibility index (Phi) is 7.28. The number of hydrogen-bond donors (Lipinski definition) is 1. The van der Waals surface area contributed by atoms with Gasteiger partial charge in [-0.05, 0) is 69.4 Å². The van der Waals surface area contributed by atoms with E-state index in [-0.39, 0.29) is 52.8 Å². The Morgan fingerprint density at radius 1 is 1.20 bits per heavy atom. The zero-order valence-corrected chi connectivity index (χ0v) is 25.3. The topological polar surface area (TPSA) is 130 Å². The summed E-state index contributed by atoms with van der Waals surface area (Å²) in [6.07, 6.45) is 4.46. The van der Waals surface area contributed by atoms with Crippen LogP contribution in [0, 0.1) is 29.0 Å². The van der Waals surface area contributed by atoms with E-state index >= 15 is 4.39 Å². The van der Waals surface area contributed by atoms with E-state index in [1.165, 1.54) is 19.2 Å². The molecule has 7 rings (SSSR count). The number of rotatable bonds is 7. The molecule has 3 amide bonds. The van der Waals surface area contributed by atoms with E-state index in [9.17, 15) is 19.6 Å². The van der Waals surface area contributed by atoms with Gasteiger partial charge in [-0.2, -0.15) is 10.4 Å². The Bertz CT molecular complexity index is 1580. The van der Waals surface area contributed by atoms with Crippen molar-refractivity contribution in [1.82, 2.24) is 20.0 Å². The Morgan fingerprint density at radius 3 is 2.61 bits per heavy atom. The molecule has 0 bridgehead atoms. The highest BCUT2D eigenvalue weighted by molar-refractivity contribution is 6.34. The number of carbonyl (C=O) groups excluding carboxylic acids is 3. The van der Waals surface area contributed by atoms with E-state index in [0.29, 0.717) is 49.8 Å². The Hall–Kier alpha value is -3.69. The summed E-state index contributed by atoms with van der Waals surface area (Å²) in [6.45, 7) is 3.17. The van der Waals surface area contributed by atoms with Gasteiger partial charge in [0.05, 0.1) is 29.8 Å². The predicted molar refractivity (Wildman–Crippen MR) is 156 cm³/mol. The summed E-state index contributed by atoms with van der Waals surface area (Å²) in [6, 6.07) is 3.31. The molecule has 1 aromatic heterocycles. The number of piperidine rings is 1. The summed E-state index contributed by atoms with van der Waals surface area (Å²) in [5.41, 5.74) is 0.436. The normalized spacial score (nSPS) is 27.9. The molecule has 0 spiro atoms. The van der Waals surface area contributed by atoms with Gasteiger partial charge in [0.15, 0.2) is 17.3 Å². The number of likely N-dealkylation sites (N-methyl/N-ethyl adjacent to an activating group) is 1. The van der Waals surface area contributed by atoms with Crippen molar-refractivity contribution < 1.29 is 28.2 Å². The zero-order valence-electron chi connectivity index (χ0n) is 24.6. The number of nitriles is 1. The number of hydrogen-bond acceptors (Lipinski definition) is 7. The number of likely N-dealkylation sites (tertiary alicyclic amines) is 1. The molecule has 1 N–H and O–H groups in total. The number of amides is 3. The van der Waals surface area contributed by atoms with E-state index < -0.39 is 35.3 Å². The molecule has 232 valence electrons. The molecule has 13 heteroatoms. The van der Waals surface area contributed by atoms with Gasteiger partial charge in [0.25, 0.3) is 17.7 Å². The molecule has 4 heterocycles. The quantitative estimate of drug-likeness (QED) is 0.496. The van der Waals surface area contributed by atoms with Gasteiger partial charge >= 0.3 is 0 Å². The fraction of sp³-hybridized carbons (Fsp3) is 0.581. The Labute approximate surface area is 259 Å². The molecule has 11 nitrogen and oxygen atoms in total. The molecule has 44 heavy (non-hydrogen) atoms. The monoisotopic (exact) mass is 624 g/mol. The second-order valence-corrected chi connectivity index (χ2v) is 12.8. The average Bonchev–Trinajstić information content (AvgIpc) is 3.94. The number of anilines is 1. The van der Waals surface area contributed by atoms with Gasteiger partial charge in [-0.1, -0.05) is 11.6 Å². The van der Waals surface area contributed by atoms with Gasteiger partial charge < -0.3 is 19.7 Å². The van der Waals surface area contributed by atoms with Crippen LogP contribution in [0.15, 0.2) is 12.1 Å². The van der Waals surface area contributed by atoms with Gasteiger partial charge in [-0.15, -0.1) is 0 Å². The summed E-state index contributed by atoms with van der Waals surface area (Å²) < 4.78 is 27.8. The lowest BCUT2D eigenvalue weighted by molar-refractivity contribution is -0.121. The number of fused-ring (bicyclic) bond motifs is 2. The van der Waals surface area contributed by atoms with Crippen LogP contribution in [-0.2, 0) is 9.53 Å². The first-order valence-corrected chi connectivity index (χ1v) is 15.7. The summed E-state index contributed by atoms with van der Waals surface area (Å²) in [5, 5.41) is 17.5. The van der Waals surface area contributed by atoms with E-state index in [1.807, 2.05) is 11.6 Å². The smallest absolute Gasteiger partial charge is 0.276 e. The van der Waals surface area contributed by atoms with Gasteiger partial charge in [-0.3, -0.25) is 19.3 Å². The number of nitrogens with one attached hydrogen (secondary N) is 1.